The highest BCUT2D eigenvalue weighted by molar-refractivity contribution is 7.51. The van der Waals surface area contributed by atoms with Crippen LogP contribution in [0.3, 0.4) is 0 Å². The molecule has 76 valence electrons. The molecule has 1 amide bonds. The SMILES string of the molecule is C=C(C)C(=O)NCCCP(=O)(O)O. The lowest BCUT2D eigenvalue weighted by Crippen LogP contribution is -2.25. The van der Waals surface area contributed by atoms with E-state index < -0.39 is 7.60 Å². The van der Waals surface area contributed by atoms with Gasteiger partial charge in [-0.15, -0.1) is 0 Å². The zero-order valence-corrected chi connectivity index (χ0v) is 8.38. The molecule has 0 unspecified atom stereocenters. The maximum Gasteiger partial charge on any atom is 0.325 e. The topological polar surface area (TPSA) is 86.6 Å². The summed E-state index contributed by atoms with van der Waals surface area (Å²) >= 11 is 0. The van der Waals surface area contributed by atoms with E-state index in [0.29, 0.717) is 5.57 Å². The van der Waals surface area contributed by atoms with Crippen molar-refractivity contribution < 1.29 is 19.1 Å². The smallest absolute Gasteiger partial charge is 0.325 e. The van der Waals surface area contributed by atoms with E-state index in [0.717, 1.165) is 0 Å². The van der Waals surface area contributed by atoms with Crippen LogP contribution in [0.25, 0.3) is 0 Å². The molecule has 6 heteroatoms. The molecule has 0 heterocycles. The second-order valence-electron chi connectivity index (χ2n) is 2.78. The van der Waals surface area contributed by atoms with Gasteiger partial charge < -0.3 is 15.1 Å². The minimum Gasteiger partial charge on any atom is -0.352 e. The van der Waals surface area contributed by atoms with Crippen molar-refractivity contribution in [2.24, 2.45) is 0 Å². The molecule has 0 spiro atoms. The molecule has 5 nitrogen and oxygen atoms in total. The zero-order valence-electron chi connectivity index (χ0n) is 7.49. The van der Waals surface area contributed by atoms with Crippen molar-refractivity contribution in [3.8, 4) is 0 Å². The third-order valence-electron chi connectivity index (χ3n) is 1.30. The van der Waals surface area contributed by atoms with Gasteiger partial charge in [-0.3, -0.25) is 9.36 Å². The second kappa shape index (κ2) is 5.17. The molecular weight excluding hydrogens is 193 g/mol. The number of amides is 1. The van der Waals surface area contributed by atoms with Crippen molar-refractivity contribution in [1.29, 1.82) is 0 Å². The molecule has 0 fully saturated rings. The van der Waals surface area contributed by atoms with Gasteiger partial charge in [-0.1, -0.05) is 6.58 Å². The fourth-order valence-electron chi connectivity index (χ4n) is 0.638. The highest BCUT2D eigenvalue weighted by Gasteiger charge is 2.11. The van der Waals surface area contributed by atoms with Gasteiger partial charge in [0.05, 0.1) is 6.16 Å². The Morgan fingerprint density at radius 1 is 1.54 bits per heavy atom. The van der Waals surface area contributed by atoms with Crippen molar-refractivity contribution in [1.82, 2.24) is 5.32 Å². The number of nitrogens with one attached hydrogen (secondary N) is 1. The molecule has 0 aliphatic carbocycles. The molecule has 0 radical (unpaired) electrons. The Balaban J connectivity index is 3.53. The highest BCUT2D eigenvalue weighted by atomic mass is 31.2. The fraction of sp³-hybridized carbons (Fsp3) is 0.571. The first-order chi connectivity index (χ1) is 5.83. The lowest BCUT2D eigenvalue weighted by Gasteiger charge is -2.05. The molecule has 0 aromatic carbocycles. The van der Waals surface area contributed by atoms with E-state index in [1.807, 2.05) is 0 Å². The van der Waals surface area contributed by atoms with Crippen LogP contribution in [0, 0.1) is 0 Å². The number of hydrogen-bond donors (Lipinski definition) is 3. The van der Waals surface area contributed by atoms with Crippen LogP contribution < -0.4 is 5.32 Å². The number of rotatable bonds is 5. The predicted molar refractivity (Wildman–Crippen MR) is 49.4 cm³/mol. The Labute approximate surface area is 77.0 Å². The van der Waals surface area contributed by atoms with E-state index in [1.165, 1.54) is 0 Å². The monoisotopic (exact) mass is 207 g/mol. The standard InChI is InChI=1S/C7H14NO4P/c1-6(2)7(9)8-4-3-5-13(10,11)12/h1,3-5H2,2H3,(H,8,9)(H2,10,11,12). The molecule has 0 saturated carbocycles. The highest BCUT2D eigenvalue weighted by Crippen LogP contribution is 2.34. The summed E-state index contributed by atoms with van der Waals surface area (Å²) in [6.45, 7) is 5.25. The summed E-state index contributed by atoms with van der Waals surface area (Å²) in [5.41, 5.74) is 0.385. The molecule has 0 aromatic rings. The Morgan fingerprint density at radius 2 is 2.08 bits per heavy atom. The van der Waals surface area contributed by atoms with E-state index in [4.69, 9.17) is 9.79 Å². The summed E-state index contributed by atoms with van der Waals surface area (Å²) < 4.78 is 10.4. The Hall–Kier alpha value is -0.640. The van der Waals surface area contributed by atoms with Gasteiger partial charge >= 0.3 is 7.60 Å². The van der Waals surface area contributed by atoms with Crippen LogP contribution in [0.4, 0.5) is 0 Å². The van der Waals surface area contributed by atoms with E-state index in [-0.39, 0.29) is 25.0 Å². The number of carbonyl (C=O) groups excluding carboxylic acids is 1. The van der Waals surface area contributed by atoms with E-state index in [2.05, 4.69) is 11.9 Å². The molecular formula is C7H14NO4P. The van der Waals surface area contributed by atoms with Gasteiger partial charge in [-0.05, 0) is 13.3 Å². The lowest BCUT2D eigenvalue weighted by molar-refractivity contribution is -0.117. The van der Waals surface area contributed by atoms with Crippen molar-refractivity contribution >= 4 is 13.5 Å². The molecule has 0 rings (SSSR count). The number of hydrogen-bond acceptors (Lipinski definition) is 2. The van der Waals surface area contributed by atoms with Crippen molar-refractivity contribution in [2.75, 3.05) is 12.7 Å². The van der Waals surface area contributed by atoms with Gasteiger partial charge in [0, 0.05) is 12.1 Å². The van der Waals surface area contributed by atoms with Gasteiger partial charge in [0.1, 0.15) is 0 Å². The molecule has 0 aliphatic heterocycles. The van der Waals surface area contributed by atoms with Crippen LogP contribution in [0.2, 0.25) is 0 Å². The lowest BCUT2D eigenvalue weighted by atomic mass is 10.3. The molecule has 0 saturated heterocycles. The summed E-state index contributed by atoms with van der Waals surface area (Å²) in [4.78, 5) is 27.8. The minimum absolute atomic E-state index is 0.205. The van der Waals surface area contributed by atoms with Gasteiger partial charge in [0.15, 0.2) is 0 Å². The van der Waals surface area contributed by atoms with Crippen molar-refractivity contribution in [3.63, 3.8) is 0 Å². The molecule has 0 atom stereocenters. The van der Waals surface area contributed by atoms with Gasteiger partial charge in [-0.2, -0.15) is 0 Å². The molecule has 0 aliphatic rings. The van der Waals surface area contributed by atoms with Crippen molar-refractivity contribution in [2.45, 2.75) is 13.3 Å². The Kier molecular flexibility index (Phi) is 4.91. The van der Waals surface area contributed by atoms with Crippen LogP contribution in [0.15, 0.2) is 12.2 Å². The maximum atomic E-state index is 10.9. The van der Waals surface area contributed by atoms with Crippen LogP contribution in [-0.4, -0.2) is 28.4 Å². The summed E-state index contributed by atoms with van der Waals surface area (Å²) in [5.74, 6) is -0.286. The second-order valence-corrected chi connectivity index (χ2v) is 4.55. The first kappa shape index (κ1) is 12.4. The summed E-state index contributed by atoms with van der Waals surface area (Å²) in [5, 5.41) is 2.47. The number of carbonyl (C=O) groups is 1. The Bertz CT molecular complexity index is 245. The minimum atomic E-state index is -3.92. The molecule has 3 N–H and O–H groups in total. The molecule has 0 aromatic heterocycles. The summed E-state index contributed by atoms with van der Waals surface area (Å²) in [7, 11) is -3.92. The van der Waals surface area contributed by atoms with Crippen LogP contribution >= 0.6 is 7.60 Å². The average Bonchev–Trinajstić information content (AvgIpc) is 1.95. The average molecular weight is 207 g/mol. The van der Waals surface area contributed by atoms with Crippen LogP contribution in [0.1, 0.15) is 13.3 Å². The van der Waals surface area contributed by atoms with E-state index >= 15 is 0 Å². The van der Waals surface area contributed by atoms with Crippen LogP contribution in [-0.2, 0) is 9.36 Å². The fourth-order valence-corrected chi connectivity index (χ4v) is 1.21. The third-order valence-corrected chi connectivity index (χ3v) is 2.20. The third kappa shape index (κ3) is 7.71. The predicted octanol–water partition coefficient (Wildman–Crippen LogP) is 0.246. The first-order valence-electron chi connectivity index (χ1n) is 3.81. The summed E-state index contributed by atoms with van der Waals surface area (Å²) in [6.07, 6.45) is 0.0623. The largest absolute Gasteiger partial charge is 0.352 e. The van der Waals surface area contributed by atoms with Gasteiger partial charge in [-0.25, -0.2) is 0 Å². The van der Waals surface area contributed by atoms with E-state index in [9.17, 15) is 9.36 Å². The zero-order chi connectivity index (χ0) is 10.5. The molecule has 13 heavy (non-hydrogen) atoms. The van der Waals surface area contributed by atoms with Gasteiger partial charge in [0.2, 0.25) is 5.91 Å². The van der Waals surface area contributed by atoms with E-state index in [1.54, 1.807) is 6.92 Å². The summed E-state index contributed by atoms with van der Waals surface area (Å²) in [6, 6.07) is 0. The van der Waals surface area contributed by atoms with Gasteiger partial charge in [0.25, 0.3) is 0 Å². The Morgan fingerprint density at radius 3 is 2.46 bits per heavy atom. The first-order valence-corrected chi connectivity index (χ1v) is 5.61. The maximum absolute atomic E-state index is 10.9. The molecule has 0 bridgehead atoms. The van der Waals surface area contributed by atoms with Crippen molar-refractivity contribution in [3.05, 3.63) is 12.2 Å². The normalized spacial score (nSPS) is 11.0. The quantitative estimate of drug-likeness (QED) is 0.342. The van der Waals surface area contributed by atoms with Crippen LogP contribution in [0.5, 0.6) is 0 Å².